The largest absolute Gasteiger partial charge is 0.433 e. The van der Waals surface area contributed by atoms with Gasteiger partial charge in [0.15, 0.2) is 0 Å². The highest BCUT2D eigenvalue weighted by molar-refractivity contribution is 5.21. The van der Waals surface area contributed by atoms with E-state index in [4.69, 9.17) is 4.42 Å². The van der Waals surface area contributed by atoms with E-state index in [1.54, 1.807) is 13.1 Å². The van der Waals surface area contributed by atoms with Crippen LogP contribution in [0.5, 0.6) is 0 Å². The first-order valence-corrected chi connectivity index (χ1v) is 3.91. The van der Waals surface area contributed by atoms with Gasteiger partial charge in [0.2, 0.25) is 0 Å². The number of rotatable bonds is 3. The van der Waals surface area contributed by atoms with Gasteiger partial charge in [-0.05, 0) is 27.0 Å². The number of nitro groups is 1. The summed E-state index contributed by atoms with van der Waals surface area (Å²) in [7, 11) is 1.77. The van der Waals surface area contributed by atoms with Crippen LogP contribution in [0.15, 0.2) is 16.5 Å². The zero-order valence-corrected chi connectivity index (χ0v) is 7.83. The number of hydrogen-bond donors (Lipinski definition) is 1. The maximum absolute atomic E-state index is 10.3. The molecule has 0 spiro atoms. The first kappa shape index (κ1) is 9.73. The van der Waals surface area contributed by atoms with E-state index in [1.165, 1.54) is 6.07 Å². The second kappa shape index (κ2) is 3.18. The Morgan fingerprint density at radius 1 is 1.54 bits per heavy atom. The Hall–Kier alpha value is -1.36. The lowest BCUT2D eigenvalue weighted by molar-refractivity contribution is -0.402. The fourth-order valence-corrected chi connectivity index (χ4v) is 0.885. The molecule has 0 aromatic carbocycles. The van der Waals surface area contributed by atoms with Gasteiger partial charge in [0.05, 0.1) is 11.6 Å². The van der Waals surface area contributed by atoms with E-state index >= 15 is 0 Å². The van der Waals surface area contributed by atoms with Crippen LogP contribution in [0.1, 0.15) is 19.6 Å². The Bertz CT molecular complexity index is 317. The van der Waals surface area contributed by atoms with Gasteiger partial charge in [0.1, 0.15) is 10.7 Å². The van der Waals surface area contributed by atoms with Crippen molar-refractivity contribution >= 4 is 5.88 Å². The summed E-state index contributed by atoms with van der Waals surface area (Å²) in [5.74, 6) is 0.333. The lowest BCUT2D eigenvalue weighted by Crippen LogP contribution is -2.32. The summed E-state index contributed by atoms with van der Waals surface area (Å²) in [5.41, 5.74) is -0.381. The minimum absolute atomic E-state index is 0.224. The highest BCUT2D eigenvalue weighted by atomic mass is 16.6. The van der Waals surface area contributed by atoms with Crippen LogP contribution >= 0.6 is 0 Å². The lowest BCUT2D eigenvalue weighted by atomic mass is 10.0. The summed E-state index contributed by atoms with van der Waals surface area (Å²) in [6.07, 6.45) is 0. The summed E-state index contributed by atoms with van der Waals surface area (Å²) >= 11 is 0. The smallest absolute Gasteiger partial charge is 0.404 e. The van der Waals surface area contributed by atoms with Crippen molar-refractivity contribution in [3.05, 3.63) is 28.0 Å². The standard InChI is InChI=1S/C8H12N2O3/c1-8(2,9-3)6-4-5-7(13-6)10(11)12/h4-5,9H,1-3H3. The zero-order chi connectivity index (χ0) is 10.1. The number of furan rings is 1. The fourth-order valence-electron chi connectivity index (χ4n) is 0.885. The molecule has 0 aliphatic heterocycles. The lowest BCUT2D eigenvalue weighted by Gasteiger charge is -2.20. The van der Waals surface area contributed by atoms with Crippen molar-refractivity contribution in [1.29, 1.82) is 0 Å². The molecule has 1 aromatic heterocycles. The third-order valence-electron chi connectivity index (χ3n) is 2.01. The number of hydrogen-bond acceptors (Lipinski definition) is 4. The first-order chi connectivity index (χ1) is 5.97. The van der Waals surface area contributed by atoms with Gasteiger partial charge in [-0.3, -0.25) is 10.1 Å². The molecule has 0 bridgehead atoms. The minimum Gasteiger partial charge on any atom is -0.404 e. The molecule has 0 radical (unpaired) electrons. The number of nitrogens with one attached hydrogen (secondary N) is 1. The van der Waals surface area contributed by atoms with Crippen LogP contribution in [0.2, 0.25) is 0 Å². The van der Waals surface area contributed by atoms with E-state index in [9.17, 15) is 10.1 Å². The quantitative estimate of drug-likeness (QED) is 0.572. The molecule has 1 rings (SSSR count). The normalized spacial score (nSPS) is 11.6. The maximum Gasteiger partial charge on any atom is 0.433 e. The van der Waals surface area contributed by atoms with Crippen LogP contribution in [0.4, 0.5) is 5.88 Å². The molecule has 0 atom stereocenters. The van der Waals surface area contributed by atoms with Gasteiger partial charge in [0, 0.05) is 0 Å². The van der Waals surface area contributed by atoms with Crippen LogP contribution in [0.3, 0.4) is 0 Å². The molecule has 0 aliphatic carbocycles. The summed E-state index contributed by atoms with van der Waals surface area (Å²) in [6.45, 7) is 3.77. The van der Waals surface area contributed by atoms with Crippen molar-refractivity contribution in [3.63, 3.8) is 0 Å². The predicted octanol–water partition coefficient (Wildman–Crippen LogP) is 1.64. The Morgan fingerprint density at radius 3 is 2.54 bits per heavy atom. The molecule has 1 heterocycles. The molecular weight excluding hydrogens is 172 g/mol. The van der Waals surface area contributed by atoms with Crippen molar-refractivity contribution in [2.75, 3.05) is 7.05 Å². The van der Waals surface area contributed by atoms with Gasteiger partial charge >= 0.3 is 5.88 Å². The van der Waals surface area contributed by atoms with Crippen molar-refractivity contribution < 1.29 is 9.34 Å². The summed E-state index contributed by atoms with van der Waals surface area (Å²) < 4.78 is 5.04. The summed E-state index contributed by atoms with van der Waals surface area (Å²) in [4.78, 5) is 9.77. The Labute approximate surface area is 75.9 Å². The molecule has 0 unspecified atom stereocenters. The summed E-state index contributed by atoms with van der Waals surface area (Å²) in [6, 6.07) is 2.96. The fraction of sp³-hybridized carbons (Fsp3) is 0.500. The van der Waals surface area contributed by atoms with Gasteiger partial charge in [-0.15, -0.1) is 0 Å². The highest BCUT2D eigenvalue weighted by Crippen LogP contribution is 2.25. The molecule has 1 N–H and O–H groups in total. The SMILES string of the molecule is CNC(C)(C)c1ccc([N+](=O)[O-])o1. The van der Waals surface area contributed by atoms with E-state index in [2.05, 4.69) is 5.32 Å². The molecular formula is C8H12N2O3. The molecule has 0 aliphatic rings. The van der Waals surface area contributed by atoms with Crippen molar-refractivity contribution in [3.8, 4) is 0 Å². The zero-order valence-electron chi connectivity index (χ0n) is 7.83. The molecule has 13 heavy (non-hydrogen) atoms. The van der Waals surface area contributed by atoms with Crippen LogP contribution in [0.25, 0.3) is 0 Å². The van der Waals surface area contributed by atoms with Gasteiger partial charge < -0.3 is 9.73 Å². The molecule has 1 aromatic rings. The van der Waals surface area contributed by atoms with Crippen LogP contribution in [-0.4, -0.2) is 12.0 Å². The Morgan fingerprint density at radius 2 is 2.15 bits per heavy atom. The monoisotopic (exact) mass is 184 g/mol. The second-order valence-electron chi connectivity index (χ2n) is 3.27. The number of nitrogens with zero attached hydrogens (tertiary/aromatic N) is 1. The van der Waals surface area contributed by atoms with Crippen molar-refractivity contribution in [2.45, 2.75) is 19.4 Å². The summed E-state index contributed by atoms with van der Waals surface area (Å²) in [5, 5.41) is 13.3. The van der Waals surface area contributed by atoms with Crippen molar-refractivity contribution in [1.82, 2.24) is 5.32 Å². The molecule has 72 valence electrons. The van der Waals surface area contributed by atoms with Crippen LogP contribution in [0, 0.1) is 10.1 Å². The molecule has 0 saturated heterocycles. The topological polar surface area (TPSA) is 68.3 Å². The Balaban J connectivity index is 2.98. The van der Waals surface area contributed by atoms with Gasteiger partial charge in [-0.2, -0.15) is 0 Å². The highest BCUT2D eigenvalue weighted by Gasteiger charge is 2.24. The molecule has 0 saturated carbocycles. The average Bonchev–Trinajstić information content (AvgIpc) is 2.52. The first-order valence-electron chi connectivity index (χ1n) is 3.91. The second-order valence-corrected chi connectivity index (χ2v) is 3.27. The minimum atomic E-state index is -0.546. The molecule has 5 nitrogen and oxygen atoms in total. The van der Waals surface area contributed by atoms with Crippen LogP contribution < -0.4 is 5.32 Å². The van der Waals surface area contributed by atoms with E-state index in [0.717, 1.165) is 0 Å². The van der Waals surface area contributed by atoms with E-state index in [0.29, 0.717) is 5.76 Å². The molecule has 5 heteroatoms. The van der Waals surface area contributed by atoms with E-state index in [-0.39, 0.29) is 11.4 Å². The molecule has 0 fully saturated rings. The molecule has 0 amide bonds. The van der Waals surface area contributed by atoms with E-state index in [1.807, 2.05) is 13.8 Å². The Kier molecular flexibility index (Phi) is 2.38. The third kappa shape index (κ3) is 1.86. The average molecular weight is 184 g/mol. The van der Waals surface area contributed by atoms with Gasteiger partial charge in [-0.25, -0.2) is 0 Å². The third-order valence-corrected chi connectivity index (χ3v) is 2.01. The maximum atomic E-state index is 10.3. The predicted molar refractivity (Wildman–Crippen MR) is 47.4 cm³/mol. The van der Waals surface area contributed by atoms with Gasteiger partial charge in [-0.1, -0.05) is 0 Å². The van der Waals surface area contributed by atoms with Crippen molar-refractivity contribution in [2.24, 2.45) is 0 Å². The van der Waals surface area contributed by atoms with E-state index < -0.39 is 4.92 Å². The van der Waals surface area contributed by atoms with Gasteiger partial charge in [0.25, 0.3) is 0 Å². The van der Waals surface area contributed by atoms with Crippen LogP contribution in [-0.2, 0) is 5.54 Å².